The molecule has 0 aliphatic rings. The summed E-state index contributed by atoms with van der Waals surface area (Å²) in [6.45, 7) is 2.33. The van der Waals surface area contributed by atoms with E-state index in [0.29, 0.717) is 6.54 Å². The number of aryl methyl sites for hydroxylation is 1. The van der Waals surface area contributed by atoms with Gasteiger partial charge in [-0.1, -0.05) is 66.2 Å². The van der Waals surface area contributed by atoms with Gasteiger partial charge in [-0.25, -0.2) is 4.79 Å². The van der Waals surface area contributed by atoms with Crippen LogP contribution in [-0.2, 0) is 11.3 Å². The first-order valence-electron chi connectivity index (χ1n) is 8.47. The highest BCUT2D eigenvalue weighted by Crippen LogP contribution is 2.22. The summed E-state index contributed by atoms with van der Waals surface area (Å²) in [5, 5.41) is 10.2. The quantitative estimate of drug-likeness (QED) is 0.660. The van der Waals surface area contributed by atoms with Crippen molar-refractivity contribution in [2.24, 2.45) is 0 Å². The Labute approximate surface area is 152 Å². The van der Waals surface area contributed by atoms with Crippen molar-refractivity contribution in [3.8, 4) is 0 Å². The molecule has 0 aliphatic heterocycles. The third-order valence-electron chi connectivity index (χ3n) is 4.05. The summed E-state index contributed by atoms with van der Waals surface area (Å²) in [5.41, 5.74) is 2.91. The second-order valence-electron chi connectivity index (χ2n) is 6.10. The van der Waals surface area contributed by atoms with Crippen molar-refractivity contribution >= 4 is 28.4 Å². The van der Waals surface area contributed by atoms with Crippen LogP contribution in [0.2, 0.25) is 0 Å². The molecular formula is C21H21N3O2. The van der Waals surface area contributed by atoms with Gasteiger partial charge in [-0.3, -0.25) is 4.79 Å². The third-order valence-corrected chi connectivity index (χ3v) is 4.05. The largest absolute Gasteiger partial charge is 0.334 e. The van der Waals surface area contributed by atoms with E-state index in [2.05, 4.69) is 16.0 Å². The molecule has 0 unspecified atom stereocenters. The fourth-order valence-corrected chi connectivity index (χ4v) is 2.64. The fourth-order valence-electron chi connectivity index (χ4n) is 2.64. The molecule has 0 bridgehead atoms. The number of urea groups is 1. The Balaban J connectivity index is 1.49. The molecule has 0 spiro atoms. The Morgan fingerprint density at radius 1 is 0.846 bits per heavy atom. The van der Waals surface area contributed by atoms with Gasteiger partial charge in [0.15, 0.2) is 0 Å². The van der Waals surface area contributed by atoms with Gasteiger partial charge in [-0.05, 0) is 23.9 Å². The highest BCUT2D eigenvalue weighted by Gasteiger charge is 2.07. The van der Waals surface area contributed by atoms with E-state index in [9.17, 15) is 9.59 Å². The van der Waals surface area contributed by atoms with Crippen LogP contribution in [0.15, 0.2) is 66.7 Å². The maximum absolute atomic E-state index is 12.1. The molecule has 3 rings (SSSR count). The van der Waals surface area contributed by atoms with Crippen LogP contribution >= 0.6 is 0 Å². The molecule has 3 aromatic rings. The van der Waals surface area contributed by atoms with Crippen molar-refractivity contribution in [3.63, 3.8) is 0 Å². The number of anilines is 1. The topological polar surface area (TPSA) is 70.2 Å². The molecular weight excluding hydrogens is 326 g/mol. The molecule has 0 saturated heterocycles. The van der Waals surface area contributed by atoms with Gasteiger partial charge in [0, 0.05) is 17.6 Å². The van der Waals surface area contributed by atoms with Gasteiger partial charge < -0.3 is 16.0 Å². The number of benzene rings is 3. The standard InChI is InChI=1S/C21H21N3O2/c1-15-9-11-16(12-10-15)13-22-21(26)23-14-20(25)24-19-8-4-6-17-5-2-3-7-18(17)19/h2-12H,13-14H2,1H3,(H,24,25)(H2,22,23,26). The highest BCUT2D eigenvalue weighted by molar-refractivity contribution is 6.03. The predicted molar refractivity (Wildman–Crippen MR) is 104 cm³/mol. The van der Waals surface area contributed by atoms with Crippen molar-refractivity contribution in [1.29, 1.82) is 0 Å². The second-order valence-corrected chi connectivity index (χ2v) is 6.10. The first-order chi connectivity index (χ1) is 12.6. The first-order valence-corrected chi connectivity index (χ1v) is 8.47. The van der Waals surface area contributed by atoms with Crippen molar-refractivity contribution in [2.45, 2.75) is 13.5 Å². The van der Waals surface area contributed by atoms with E-state index in [0.717, 1.165) is 22.0 Å². The summed E-state index contributed by atoms with van der Waals surface area (Å²) >= 11 is 0. The Hall–Kier alpha value is -3.34. The summed E-state index contributed by atoms with van der Waals surface area (Å²) in [4.78, 5) is 24.0. The SMILES string of the molecule is Cc1ccc(CNC(=O)NCC(=O)Nc2cccc3ccccc23)cc1. The summed E-state index contributed by atoms with van der Waals surface area (Å²) in [7, 11) is 0. The van der Waals surface area contributed by atoms with Crippen LogP contribution in [0.1, 0.15) is 11.1 Å². The predicted octanol–water partition coefficient (Wildman–Crippen LogP) is 3.59. The van der Waals surface area contributed by atoms with E-state index in [4.69, 9.17) is 0 Å². The summed E-state index contributed by atoms with van der Waals surface area (Å²) in [6, 6.07) is 21.1. The Kier molecular flexibility index (Phi) is 5.49. The monoisotopic (exact) mass is 347 g/mol. The molecule has 26 heavy (non-hydrogen) atoms. The van der Waals surface area contributed by atoms with Crippen LogP contribution in [-0.4, -0.2) is 18.5 Å². The minimum atomic E-state index is -0.376. The normalized spacial score (nSPS) is 10.3. The van der Waals surface area contributed by atoms with E-state index < -0.39 is 0 Å². The van der Waals surface area contributed by atoms with Crippen LogP contribution in [0.3, 0.4) is 0 Å². The van der Waals surface area contributed by atoms with Crippen LogP contribution in [0, 0.1) is 6.92 Å². The Morgan fingerprint density at radius 3 is 2.38 bits per heavy atom. The summed E-state index contributed by atoms with van der Waals surface area (Å²) in [6.07, 6.45) is 0. The van der Waals surface area contributed by atoms with Crippen molar-refractivity contribution < 1.29 is 9.59 Å². The van der Waals surface area contributed by atoms with Gasteiger partial charge in [-0.15, -0.1) is 0 Å². The lowest BCUT2D eigenvalue weighted by Gasteiger charge is -2.10. The number of rotatable bonds is 5. The van der Waals surface area contributed by atoms with E-state index in [1.807, 2.05) is 73.7 Å². The smallest absolute Gasteiger partial charge is 0.315 e. The van der Waals surface area contributed by atoms with Gasteiger partial charge in [0.2, 0.25) is 5.91 Å². The number of carbonyl (C=O) groups excluding carboxylic acids is 2. The fraction of sp³-hybridized carbons (Fsp3) is 0.143. The van der Waals surface area contributed by atoms with Crippen LogP contribution in [0.25, 0.3) is 10.8 Å². The Morgan fingerprint density at radius 2 is 1.58 bits per heavy atom. The Bertz CT molecular complexity index is 915. The van der Waals surface area contributed by atoms with E-state index in [1.165, 1.54) is 5.56 Å². The van der Waals surface area contributed by atoms with Gasteiger partial charge in [0.1, 0.15) is 0 Å². The maximum atomic E-state index is 12.1. The number of nitrogens with one attached hydrogen (secondary N) is 3. The zero-order valence-electron chi connectivity index (χ0n) is 14.6. The lowest BCUT2D eigenvalue weighted by Crippen LogP contribution is -2.39. The number of hydrogen-bond donors (Lipinski definition) is 3. The lowest BCUT2D eigenvalue weighted by atomic mass is 10.1. The molecule has 3 amide bonds. The maximum Gasteiger partial charge on any atom is 0.315 e. The molecule has 0 atom stereocenters. The molecule has 3 N–H and O–H groups in total. The number of fused-ring (bicyclic) bond motifs is 1. The number of carbonyl (C=O) groups is 2. The number of amides is 3. The van der Waals surface area contributed by atoms with E-state index in [1.54, 1.807) is 0 Å². The summed E-state index contributed by atoms with van der Waals surface area (Å²) in [5.74, 6) is -0.271. The van der Waals surface area contributed by atoms with Crippen molar-refractivity contribution in [1.82, 2.24) is 10.6 Å². The molecule has 0 fully saturated rings. The molecule has 0 radical (unpaired) electrons. The zero-order valence-corrected chi connectivity index (χ0v) is 14.6. The van der Waals surface area contributed by atoms with Crippen LogP contribution in [0.4, 0.5) is 10.5 Å². The summed E-state index contributed by atoms with van der Waals surface area (Å²) < 4.78 is 0. The van der Waals surface area contributed by atoms with Crippen molar-refractivity contribution in [2.75, 3.05) is 11.9 Å². The van der Waals surface area contributed by atoms with Crippen LogP contribution < -0.4 is 16.0 Å². The molecule has 5 nitrogen and oxygen atoms in total. The molecule has 0 saturated carbocycles. The molecule has 5 heteroatoms. The molecule has 0 heterocycles. The third kappa shape index (κ3) is 4.60. The lowest BCUT2D eigenvalue weighted by molar-refractivity contribution is -0.115. The zero-order chi connectivity index (χ0) is 18.4. The minimum absolute atomic E-state index is 0.0943. The minimum Gasteiger partial charge on any atom is -0.334 e. The van der Waals surface area contributed by atoms with E-state index in [-0.39, 0.29) is 18.5 Å². The molecule has 132 valence electrons. The van der Waals surface area contributed by atoms with Crippen molar-refractivity contribution in [3.05, 3.63) is 77.9 Å². The molecule has 0 aliphatic carbocycles. The molecule has 3 aromatic carbocycles. The van der Waals surface area contributed by atoms with Gasteiger partial charge >= 0.3 is 6.03 Å². The average Bonchev–Trinajstić information content (AvgIpc) is 2.66. The van der Waals surface area contributed by atoms with Gasteiger partial charge in [-0.2, -0.15) is 0 Å². The average molecular weight is 347 g/mol. The van der Waals surface area contributed by atoms with Gasteiger partial charge in [0.25, 0.3) is 0 Å². The first kappa shape index (κ1) is 17.5. The molecule has 0 aromatic heterocycles. The van der Waals surface area contributed by atoms with E-state index >= 15 is 0 Å². The van der Waals surface area contributed by atoms with Crippen LogP contribution in [0.5, 0.6) is 0 Å². The number of hydrogen-bond acceptors (Lipinski definition) is 2. The second kappa shape index (κ2) is 8.16. The van der Waals surface area contributed by atoms with Gasteiger partial charge in [0.05, 0.1) is 6.54 Å². The highest BCUT2D eigenvalue weighted by atomic mass is 16.2.